The number of thiophene rings is 1. The normalized spacial score (nSPS) is 30.2. The first-order valence-electron chi connectivity index (χ1n) is 8.77. The predicted molar refractivity (Wildman–Crippen MR) is 90.1 cm³/mol. The summed E-state index contributed by atoms with van der Waals surface area (Å²) in [5.74, 6) is 1.74. The maximum Gasteiger partial charge on any atom is 0.222 e. The van der Waals surface area contributed by atoms with Crippen LogP contribution in [0.2, 0.25) is 0 Å². The Bertz CT molecular complexity index is 549. The van der Waals surface area contributed by atoms with Crippen molar-refractivity contribution in [1.82, 2.24) is 9.80 Å². The quantitative estimate of drug-likeness (QED) is 0.852. The van der Waals surface area contributed by atoms with E-state index >= 15 is 0 Å². The van der Waals surface area contributed by atoms with Gasteiger partial charge in [-0.15, -0.1) is 11.3 Å². The van der Waals surface area contributed by atoms with Crippen LogP contribution in [0.3, 0.4) is 0 Å². The molecule has 3 heterocycles. The van der Waals surface area contributed by atoms with Crippen molar-refractivity contribution in [3.63, 3.8) is 0 Å². The molecule has 3 nitrogen and oxygen atoms in total. The van der Waals surface area contributed by atoms with Gasteiger partial charge in [0, 0.05) is 54.8 Å². The zero-order valence-corrected chi connectivity index (χ0v) is 14.3. The first-order chi connectivity index (χ1) is 10.7. The van der Waals surface area contributed by atoms with Crippen molar-refractivity contribution in [2.45, 2.75) is 57.0 Å². The van der Waals surface area contributed by atoms with Crippen LogP contribution in [0.25, 0.3) is 0 Å². The van der Waals surface area contributed by atoms with E-state index in [0.29, 0.717) is 17.9 Å². The number of hydrogen-bond donors (Lipinski definition) is 0. The van der Waals surface area contributed by atoms with Gasteiger partial charge in [-0.25, -0.2) is 0 Å². The molecule has 2 aliphatic heterocycles. The summed E-state index contributed by atoms with van der Waals surface area (Å²) < 4.78 is 0. The zero-order valence-electron chi connectivity index (χ0n) is 13.5. The molecule has 1 amide bonds. The molecule has 0 aromatic carbocycles. The van der Waals surface area contributed by atoms with Crippen molar-refractivity contribution in [2.24, 2.45) is 5.92 Å². The van der Waals surface area contributed by atoms with Gasteiger partial charge in [0.15, 0.2) is 0 Å². The molecule has 3 aliphatic rings. The Morgan fingerprint density at radius 2 is 2.05 bits per heavy atom. The van der Waals surface area contributed by atoms with Crippen molar-refractivity contribution in [3.8, 4) is 0 Å². The van der Waals surface area contributed by atoms with Gasteiger partial charge < -0.3 is 4.90 Å². The lowest BCUT2D eigenvalue weighted by atomic mass is 9.93. The summed E-state index contributed by atoms with van der Waals surface area (Å²) in [6.07, 6.45) is 7.51. The van der Waals surface area contributed by atoms with Crippen LogP contribution in [0.1, 0.15) is 54.2 Å². The molecule has 120 valence electrons. The van der Waals surface area contributed by atoms with Crippen LogP contribution in [-0.2, 0) is 11.3 Å². The lowest BCUT2D eigenvalue weighted by molar-refractivity contribution is -0.127. The topological polar surface area (TPSA) is 23.6 Å². The molecule has 1 aromatic rings. The second-order valence-corrected chi connectivity index (χ2v) is 8.55. The number of carbonyl (C=O) groups excluding carboxylic acids is 1. The molecular formula is C18H26N2OS. The molecule has 1 saturated carbocycles. The zero-order chi connectivity index (χ0) is 15.1. The highest BCUT2D eigenvalue weighted by Crippen LogP contribution is 2.38. The van der Waals surface area contributed by atoms with Crippen LogP contribution in [0.5, 0.6) is 0 Å². The van der Waals surface area contributed by atoms with Gasteiger partial charge in [-0.05, 0) is 37.3 Å². The fourth-order valence-electron chi connectivity index (χ4n) is 4.63. The minimum atomic E-state index is 0.344. The van der Waals surface area contributed by atoms with Crippen LogP contribution in [-0.4, -0.2) is 41.9 Å². The third kappa shape index (κ3) is 2.71. The molecule has 3 fully saturated rings. The minimum absolute atomic E-state index is 0.344. The van der Waals surface area contributed by atoms with Crippen LogP contribution < -0.4 is 0 Å². The van der Waals surface area contributed by atoms with Gasteiger partial charge in [0.2, 0.25) is 5.91 Å². The molecule has 0 radical (unpaired) electrons. The predicted octanol–water partition coefficient (Wildman–Crippen LogP) is 3.46. The highest BCUT2D eigenvalue weighted by atomic mass is 32.1. The average molecular weight is 318 g/mol. The number of hydrogen-bond acceptors (Lipinski definition) is 3. The first kappa shape index (κ1) is 14.7. The highest BCUT2D eigenvalue weighted by Gasteiger charge is 2.40. The Hall–Kier alpha value is -0.870. The molecule has 4 rings (SSSR count). The van der Waals surface area contributed by atoms with Crippen LogP contribution >= 0.6 is 11.3 Å². The van der Waals surface area contributed by atoms with Gasteiger partial charge >= 0.3 is 0 Å². The molecule has 2 atom stereocenters. The minimum Gasteiger partial charge on any atom is -0.342 e. The van der Waals surface area contributed by atoms with Crippen molar-refractivity contribution < 1.29 is 4.79 Å². The SMILES string of the molecule is CN1C(=O)C[C@@H]2CN(Cc3ccc(C4CCCC4)s3)CC[C@@H]21. The van der Waals surface area contributed by atoms with Gasteiger partial charge in [0.1, 0.15) is 0 Å². The Morgan fingerprint density at radius 1 is 1.23 bits per heavy atom. The highest BCUT2D eigenvalue weighted by molar-refractivity contribution is 7.12. The number of nitrogens with zero attached hydrogens (tertiary/aromatic N) is 2. The van der Waals surface area contributed by atoms with Crippen LogP contribution in [0, 0.1) is 5.92 Å². The van der Waals surface area contributed by atoms with E-state index in [0.717, 1.165) is 38.4 Å². The van der Waals surface area contributed by atoms with E-state index < -0.39 is 0 Å². The molecule has 2 saturated heterocycles. The summed E-state index contributed by atoms with van der Waals surface area (Å²) in [6, 6.07) is 5.22. The van der Waals surface area contributed by atoms with Gasteiger partial charge in [0.25, 0.3) is 0 Å². The molecule has 0 N–H and O–H groups in total. The van der Waals surface area contributed by atoms with Crippen LogP contribution in [0.15, 0.2) is 12.1 Å². The number of carbonyl (C=O) groups is 1. The molecule has 22 heavy (non-hydrogen) atoms. The van der Waals surface area contributed by atoms with Crippen molar-refractivity contribution in [3.05, 3.63) is 21.9 Å². The fraction of sp³-hybridized carbons (Fsp3) is 0.722. The van der Waals surface area contributed by atoms with Gasteiger partial charge in [-0.2, -0.15) is 0 Å². The van der Waals surface area contributed by atoms with E-state index in [2.05, 4.69) is 17.0 Å². The molecule has 0 bridgehead atoms. The number of amides is 1. The lowest BCUT2D eigenvalue weighted by Gasteiger charge is -2.36. The maximum atomic E-state index is 11.9. The second kappa shape index (κ2) is 5.97. The van der Waals surface area contributed by atoms with Crippen molar-refractivity contribution in [2.75, 3.05) is 20.1 Å². The van der Waals surface area contributed by atoms with E-state index in [9.17, 15) is 4.79 Å². The summed E-state index contributed by atoms with van der Waals surface area (Å²) in [5, 5.41) is 0. The summed E-state index contributed by atoms with van der Waals surface area (Å²) in [7, 11) is 1.98. The molecular weight excluding hydrogens is 292 g/mol. The molecule has 1 aromatic heterocycles. The monoisotopic (exact) mass is 318 g/mol. The number of piperidine rings is 1. The van der Waals surface area contributed by atoms with Crippen LogP contribution in [0.4, 0.5) is 0 Å². The molecule has 0 unspecified atom stereocenters. The van der Waals surface area contributed by atoms with Crippen molar-refractivity contribution in [1.29, 1.82) is 0 Å². The first-order valence-corrected chi connectivity index (χ1v) is 9.59. The fourth-order valence-corrected chi connectivity index (χ4v) is 5.86. The molecule has 4 heteroatoms. The third-order valence-corrected chi connectivity index (χ3v) is 7.16. The molecule has 1 aliphatic carbocycles. The number of fused-ring (bicyclic) bond motifs is 1. The van der Waals surface area contributed by atoms with E-state index in [4.69, 9.17) is 0 Å². The van der Waals surface area contributed by atoms with E-state index in [-0.39, 0.29) is 0 Å². The van der Waals surface area contributed by atoms with E-state index in [1.807, 2.05) is 23.3 Å². The summed E-state index contributed by atoms with van der Waals surface area (Å²) in [4.78, 5) is 19.5. The van der Waals surface area contributed by atoms with Gasteiger partial charge in [0.05, 0.1) is 0 Å². The largest absolute Gasteiger partial charge is 0.342 e. The average Bonchev–Trinajstić information content (AvgIpc) is 3.21. The number of likely N-dealkylation sites (tertiary alicyclic amines) is 2. The standard InChI is InChI=1S/C18H26N2OS/c1-19-16-8-9-20(11-14(16)10-18(19)21)12-15-6-7-17(22-15)13-4-2-3-5-13/h6-7,13-14,16H,2-5,8-12H2,1H3/t14-,16+/m1/s1. The van der Waals surface area contributed by atoms with Gasteiger partial charge in [-0.1, -0.05) is 12.8 Å². The van der Waals surface area contributed by atoms with Gasteiger partial charge in [-0.3, -0.25) is 9.69 Å². The second-order valence-electron chi connectivity index (χ2n) is 7.35. The maximum absolute atomic E-state index is 11.9. The summed E-state index contributed by atoms with van der Waals surface area (Å²) in [5.41, 5.74) is 0. The Morgan fingerprint density at radius 3 is 2.86 bits per heavy atom. The number of rotatable bonds is 3. The lowest BCUT2D eigenvalue weighted by Crippen LogP contribution is -2.44. The Kier molecular flexibility index (Phi) is 3.99. The summed E-state index contributed by atoms with van der Waals surface area (Å²) in [6.45, 7) is 3.31. The third-order valence-electron chi connectivity index (χ3n) is 5.93. The Balaban J connectivity index is 1.37. The van der Waals surface area contributed by atoms with E-state index in [1.54, 1.807) is 4.88 Å². The Labute approximate surface area is 137 Å². The summed E-state index contributed by atoms with van der Waals surface area (Å²) >= 11 is 2.03. The molecule has 0 spiro atoms. The van der Waals surface area contributed by atoms with Crippen molar-refractivity contribution >= 4 is 17.2 Å². The smallest absolute Gasteiger partial charge is 0.222 e. The van der Waals surface area contributed by atoms with E-state index in [1.165, 1.54) is 30.6 Å².